The quantitative estimate of drug-likeness (QED) is 0.383. The monoisotopic (exact) mass is 297 g/mol. The fraction of sp³-hybridized carbons (Fsp3) is 0. The molecule has 0 aliphatic rings. The van der Waals surface area contributed by atoms with Gasteiger partial charge in [0.05, 0.1) is 0 Å². The standard InChI is InChI=1S/3ClH.Fe.K.H3O4P/c;;;;;1-5(2,3)4/h3*1H;;;(H3,1,2,3,4)/q;;;+3;+1;/p-4. The molecule has 0 rings (SSSR count). The molecule has 0 aromatic rings. The predicted octanol–water partition coefficient (Wildman–Crippen LogP) is -2.49. The molecule has 0 aromatic carbocycles. The van der Waals surface area contributed by atoms with Gasteiger partial charge in [-0.05, 0) is 0 Å². The second kappa shape index (κ2) is 10.2. The summed E-state index contributed by atoms with van der Waals surface area (Å²) < 4.78 is 8.77. The van der Waals surface area contributed by atoms with Crippen molar-refractivity contribution in [3.05, 3.63) is 0 Å². The fourth-order valence-corrected chi connectivity index (χ4v) is 0. The maximum Gasteiger partial charge on any atom is 1.00 e. The molecule has 61 valence electrons. The molecule has 4 nitrogen and oxygen atoms in total. The van der Waals surface area contributed by atoms with Crippen LogP contribution >= 0.6 is 38.1 Å². The number of phosphoric acid groups is 1. The Morgan fingerprint density at radius 1 is 1.30 bits per heavy atom. The third kappa shape index (κ3) is 116. The first-order valence-electron chi connectivity index (χ1n) is 1.17. The minimum atomic E-state index is -4.89. The molecule has 0 amide bonds. The average Bonchev–Trinajstić information content (AvgIpc) is 1.19. The van der Waals surface area contributed by atoms with Crippen LogP contribution in [-0.2, 0) is 15.7 Å². The minimum Gasteiger partial charge on any atom is 1.00 e. The Balaban J connectivity index is -0.0000000910. The number of rotatable bonds is 0. The molecular formula is H2Cl3FeKO4P. The second-order valence-electron chi connectivity index (χ2n) is 0.642. The zero-order chi connectivity index (χ0) is 8.08. The number of halogens is 3. The Kier molecular flexibility index (Phi) is 19.2. The van der Waals surface area contributed by atoms with E-state index in [-0.39, 0.29) is 51.4 Å². The molecule has 0 spiro atoms. The van der Waals surface area contributed by atoms with Gasteiger partial charge in [0.15, 0.2) is 0 Å². The SMILES string of the molecule is O=P([O-])(O)O.[Cl][Fe]([Cl])[Cl].[K+]. The zero-order valence-electron chi connectivity index (χ0n) is 4.65. The molecule has 0 atom stereocenters. The van der Waals surface area contributed by atoms with E-state index in [1.165, 1.54) is 0 Å². The Bertz CT molecular complexity index is 91.7. The van der Waals surface area contributed by atoms with Gasteiger partial charge in [-0.15, -0.1) is 0 Å². The van der Waals surface area contributed by atoms with Gasteiger partial charge >= 0.3 is 92.8 Å². The first-order chi connectivity index (χ1) is 3.73. The van der Waals surface area contributed by atoms with E-state index >= 15 is 0 Å². The number of hydrogen-bond donors (Lipinski definition) is 2. The summed E-state index contributed by atoms with van der Waals surface area (Å²) in [6, 6.07) is 0. The van der Waals surface area contributed by atoms with Crippen molar-refractivity contribution < 1.29 is 81.8 Å². The first kappa shape index (κ1) is 18.8. The molecule has 0 aliphatic carbocycles. The van der Waals surface area contributed by atoms with Crippen LogP contribution in [0.15, 0.2) is 0 Å². The van der Waals surface area contributed by atoms with E-state index in [2.05, 4.69) is 0 Å². The van der Waals surface area contributed by atoms with Crippen LogP contribution in [0, 0.1) is 0 Å². The van der Waals surface area contributed by atoms with Gasteiger partial charge in [-0.25, -0.2) is 0 Å². The Morgan fingerprint density at radius 3 is 1.30 bits per heavy atom. The summed E-state index contributed by atoms with van der Waals surface area (Å²) in [6.07, 6.45) is 0. The molecule has 0 saturated heterocycles. The van der Waals surface area contributed by atoms with Gasteiger partial charge in [-0.2, -0.15) is 0 Å². The summed E-state index contributed by atoms with van der Waals surface area (Å²) in [5, 5.41) is 0. The maximum atomic E-state index is 8.77. The number of hydrogen-bond acceptors (Lipinski definition) is 2. The first-order valence-corrected chi connectivity index (χ1v) is 7.25. The molecule has 0 heterocycles. The third-order valence-corrected chi connectivity index (χ3v) is 0. The Labute approximate surface area is 117 Å². The summed E-state index contributed by atoms with van der Waals surface area (Å²) in [6.45, 7) is 0. The smallest absolute Gasteiger partial charge is 1.00 e. The molecule has 0 saturated carbocycles. The van der Waals surface area contributed by atoms with Gasteiger partial charge < -0.3 is 14.7 Å². The average molecular weight is 298 g/mol. The van der Waals surface area contributed by atoms with Crippen LogP contribution in [0.4, 0.5) is 0 Å². The van der Waals surface area contributed by atoms with Gasteiger partial charge in [-0.1, -0.05) is 0 Å². The summed E-state index contributed by atoms with van der Waals surface area (Å²) in [5.41, 5.74) is 0. The van der Waals surface area contributed by atoms with Crippen molar-refractivity contribution in [2.75, 3.05) is 0 Å². The van der Waals surface area contributed by atoms with E-state index in [4.69, 9.17) is 49.5 Å². The minimum absolute atomic E-state index is 0. The van der Waals surface area contributed by atoms with E-state index in [0.717, 1.165) is 0 Å². The second-order valence-corrected chi connectivity index (χ2v) is 7.09. The molecule has 0 aromatic heterocycles. The van der Waals surface area contributed by atoms with Crippen molar-refractivity contribution in [3.63, 3.8) is 0 Å². The molecular weight excluding hydrogens is 296 g/mol. The van der Waals surface area contributed by atoms with Gasteiger partial charge in [0, 0.05) is 0 Å². The fourth-order valence-electron chi connectivity index (χ4n) is 0. The summed E-state index contributed by atoms with van der Waals surface area (Å²) >= 11 is -1.33. The van der Waals surface area contributed by atoms with Crippen molar-refractivity contribution in [2.24, 2.45) is 0 Å². The van der Waals surface area contributed by atoms with Crippen molar-refractivity contribution in [1.29, 1.82) is 0 Å². The molecule has 0 bridgehead atoms. The van der Waals surface area contributed by atoms with Gasteiger partial charge in [0.25, 0.3) is 7.82 Å². The maximum absolute atomic E-state index is 8.77. The molecule has 0 unspecified atom stereocenters. The van der Waals surface area contributed by atoms with Gasteiger partial charge in [0.2, 0.25) is 0 Å². The van der Waals surface area contributed by atoms with E-state index in [1.54, 1.807) is 0 Å². The van der Waals surface area contributed by atoms with Crippen LogP contribution < -0.4 is 56.3 Å². The van der Waals surface area contributed by atoms with Crippen LogP contribution in [0.5, 0.6) is 0 Å². The molecule has 0 fully saturated rings. The third-order valence-electron chi connectivity index (χ3n) is 0. The summed E-state index contributed by atoms with van der Waals surface area (Å²) in [4.78, 5) is 22.9. The topological polar surface area (TPSA) is 80.6 Å². The van der Waals surface area contributed by atoms with Crippen LogP contribution in [0.3, 0.4) is 0 Å². The van der Waals surface area contributed by atoms with Crippen molar-refractivity contribution in [1.82, 2.24) is 0 Å². The largest absolute Gasteiger partial charge is 1.00 e. The zero-order valence-corrected chi connectivity index (χ0v) is 12.0. The van der Waals surface area contributed by atoms with Crippen LogP contribution in [0.25, 0.3) is 0 Å². The van der Waals surface area contributed by atoms with E-state index < -0.39 is 19.0 Å². The van der Waals surface area contributed by atoms with Crippen LogP contribution in [0.2, 0.25) is 0 Å². The molecule has 0 radical (unpaired) electrons. The summed E-state index contributed by atoms with van der Waals surface area (Å²) in [5.74, 6) is 0. The molecule has 10 heavy (non-hydrogen) atoms. The molecule has 10 heteroatoms. The van der Waals surface area contributed by atoms with Crippen LogP contribution in [-0.4, -0.2) is 9.79 Å². The Hall–Kier alpha value is 3.14. The molecule has 0 aliphatic heterocycles. The summed E-state index contributed by atoms with van der Waals surface area (Å²) in [7, 11) is 9.78. The van der Waals surface area contributed by atoms with Crippen molar-refractivity contribution >= 4 is 38.1 Å². The molecule has 2 N–H and O–H groups in total. The Morgan fingerprint density at radius 2 is 1.30 bits per heavy atom. The van der Waals surface area contributed by atoms with Crippen molar-refractivity contribution in [2.45, 2.75) is 0 Å². The van der Waals surface area contributed by atoms with E-state index in [9.17, 15) is 0 Å². The van der Waals surface area contributed by atoms with E-state index in [0.29, 0.717) is 0 Å². The normalized spacial score (nSPS) is 10.4. The predicted molar refractivity (Wildman–Crippen MR) is 29.6 cm³/mol. The van der Waals surface area contributed by atoms with Gasteiger partial charge in [0.1, 0.15) is 0 Å². The van der Waals surface area contributed by atoms with Crippen LogP contribution in [0.1, 0.15) is 0 Å². The van der Waals surface area contributed by atoms with E-state index in [1.807, 2.05) is 0 Å². The van der Waals surface area contributed by atoms with Crippen molar-refractivity contribution in [3.8, 4) is 0 Å². The van der Waals surface area contributed by atoms with Gasteiger partial charge in [-0.3, -0.25) is 4.57 Å².